The number of benzene rings is 20. The van der Waals surface area contributed by atoms with E-state index in [1.54, 1.807) is 0 Å². The second-order valence-electron chi connectivity index (χ2n) is 34.9. The Morgan fingerprint density at radius 1 is 0.152 bits per heavy atom. The van der Waals surface area contributed by atoms with Crippen molar-refractivity contribution >= 4 is 194 Å². The highest BCUT2D eigenvalue weighted by atomic mass is 32.1. The number of para-hydroxylation sites is 7. The molecule has 28 rings (SSSR count). The summed E-state index contributed by atoms with van der Waals surface area (Å²) in [5.74, 6) is 0. The molecule has 0 spiro atoms. The molecule has 132 heavy (non-hydrogen) atoms. The molecule has 6 nitrogen and oxygen atoms in total. The molecular formula is C124H84N4O2S2. The largest absolute Gasteiger partial charge is 0.456 e. The van der Waals surface area contributed by atoms with E-state index in [0.717, 1.165) is 38.5 Å². The predicted octanol–water partition coefficient (Wildman–Crippen LogP) is 35.6. The second-order valence-corrected chi connectivity index (χ2v) is 37.1. The Morgan fingerprint density at radius 2 is 0.371 bits per heavy atom. The lowest BCUT2D eigenvalue weighted by atomic mass is 10.0. The Balaban J connectivity index is 0.0000000945. The van der Waals surface area contributed by atoms with Crippen LogP contribution in [0.5, 0.6) is 0 Å². The smallest absolute Gasteiger partial charge is 0.135 e. The Hall–Kier alpha value is -16.4. The van der Waals surface area contributed by atoms with Crippen LogP contribution in [0.3, 0.4) is 0 Å². The second kappa shape index (κ2) is 31.8. The third kappa shape index (κ3) is 13.4. The average Bonchev–Trinajstić information content (AvgIpc) is 1.62. The minimum atomic E-state index is 0.928. The van der Waals surface area contributed by atoms with Crippen LogP contribution in [0.15, 0.2) is 446 Å². The lowest BCUT2D eigenvalue weighted by Gasteiger charge is -2.08. The van der Waals surface area contributed by atoms with Gasteiger partial charge in [0, 0.05) is 128 Å². The highest BCUT2D eigenvalue weighted by Gasteiger charge is 2.22. The fourth-order valence-electron chi connectivity index (χ4n) is 20.3. The summed E-state index contributed by atoms with van der Waals surface area (Å²) in [7, 11) is 0. The zero-order valence-electron chi connectivity index (χ0n) is 73.0. The molecule has 0 saturated carbocycles. The molecule has 624 valence electrons. The van der Waals surface area contributed by atoms with Crippen LogP contribution in [0, 0.1) is 27.7 Å². The van der Waals surface area contributed by atoms with Crippen LogP contribution in [-0.4, -0.2) is 18.3 Å². The highest BCUT2D eigenvalue weighted by Crippen LogP contribution is 2.46. The molecule has 0 amide bonds. The zero-order valence-corrected chi connectivity index (χ0v) is 74.6. The van der Waals surface area contributed by atoms with Gasteiger partial charge in [-0.05, 0) is 291 Å². The number of hydrogen-bond acceptors (Lipinski definition) is 4. The molecule has 28 aromatic rings. The summed E-state index contributed by atoms with van der Waals surface area (Å²) >= 11 is 3.75. The van der Waals surface area contributed by atoms with Crippen LogP contribution in [-0.2, 0) is 0 Å². The number of fused-ring (bicyclic) bond motifs is 24. The van der Waals surface area contributed by atoms with E-state index in [9.17, 15) is 0 Å². The Kier molecular flexibility index (Phi) is 18.8. The maximum atomic E-state index is 6.08. The van der Waals surface area contributed by atoms with E-state index in [4.69, 9.17) is 8.83 Å². The molecule has 0 fully saturated rings. The Bertz CT molecular complexity index is 8920. The van der Waals surface area contributed by atoms with Gasteiger partial charge in [-0.25, -0.2) is 0 Å². The van der Waals surface area contributed by atoms with Crippen molar-refractivity contribution in [1.29, 1.82) is 0 Å². The van der Waals surface area contributed by atoms with E-state index < -0.39 is 0 Å². The molecule has 0 saturated heterocycles. The summed E-state index contributed by atoms with van der Waals surface area (Å²) in [5.41, 5.74) is 33.3. The van der Waals surface area contributed by atoms with E-state index in [0.29, 0.717) is 0 Å². The van der Waals surface area contributed by atoms with E-state index in [-0.39, 0.29) is 0 Å². The lowest BCUT2D eigenvalue weighted by molar-refractivity contribution is 0.668. The quantitative estimate of drug-likeness (QED) is 0.152. The Morgan fingerprint density at radius 3 is 0.788 bits per heavy atom. The van der Waals surface area contributed by atoms with Crippen molar-refractivity contribution in [2.24, 2.45) is 0 Å². The van der Waals surface area contributed by atoms with Crippen LogP contribution < -0.4 is 0 Å². The molecule has 0 aliphatic heterocycles. The molecule has 0 aliphatic carbocycles. The summed E-state index contributed by atoms with van der Waals surface area (Å²) in [4.78, 5) is 0. The van der Waals surface area contributed by atoms with Crippen molar-refractivity contribution in [3.8, 4) is 67.3 Å². The monoisotopic (exact) mass is 1720 g/mol. The fraction of sp³-hybridized carbons (Fsp3) is 0.0323. The van der Waals surface area contributed by atoms with E-state index in [1.807, 2.05) is 34.8 Å². The average molecular weight is 1730 g/mol. The zero-order chi connectivity index (χ0) is 87.8. The molecule has 0 radical (unpaired) electrons. The first kappa shape index (κ1) is 77.9. The van der Waals surface area contributed by atoms with Gasteiger partial charge < -0.3 is 27.1 Å². The minimum absolute atomic E-state index is 0.928. The topological polar surface area (TPSA) is 46.0 Å². The van der Waals surface area contributed by atoms with Crippen LogP contribution in [0.2, 0.25) is 0 Å². The molecule has 20 aromatic carbocycles. The van der Waals surface area contributed by atoms with E-state index in [1.165, 1.54) is 222 Å². The SMILES string of the molecule is Cc1ccc2c(c1)c1cc(-c3ccc4oc5ccccc5c4c3)ccc1n2-c1ccccc1.Cc1ccc2c(c1)c1cc(-c3ccc4sc5ccccc5c4c3)ccc1n2-c1ccccc1.Cc1ccc2oc3ccc(-c4ccc5c(c4)c4ccccc4n5-c4ccccc4)cc3c2c1.Cc1ccc2sc3ccc(-c4ccc5c(c4)c4ccccc4n5-c4ccccc4)cc3c2c1. The fourth-order valence-corrected chi connectivity index (χ4v) is 22.5. The van der Waals surface area contributed by atoms with Gasteiger partial charge in [-0.15, -0.1) is 22.7 Å². The van der Waals surface area contributed by atoms with E-state index in [2.05, 4.69) is 471 Å². The normalized spacial score (nSPS) is 11.8. The van der Waals surface area contributed by atoms with Gasteiger partial charge in [-0.3, -0.25) is 0 Å². The first-order valence-electron chi connectivity index (χ1n) is 45.1. The van der Waals surface area contributed by atoms with Crippen molar-refractivity contribution in [1.82, 2.24) is 18.3 Å². The number of hydrogen-bond donors (Lipinski definition) is 0. The maximum absolute atomic E-state index is 6.08. The van der Waals surface area contributed by atoms with Gasteiger partial charge in [-0.2, -0.15) is 0 Å². The number of nitrogens with zero attached hydrogens (tertiary/aromatic N) is 4. The lowest BCUT2D eigenvalue weighted by Crippen LogP contribution is -1.93. The number of aryl methyl sites for hydroxylation is 4. The van der Waals surface area contributed by atoms with Gasteiger partial charge in [0.1, 0.15) is 22.3 Å². The molecule has 8 aromatic heterocycles. The third-order valence-electron chi connectivity index (χ3n) is 26.6. The van der Waals surface area contributed by atoms with Crippen molar-refractivity contribution in [2.75, 3.05) is 0 Å². The van der Waals surface area contributed by atoms with Crippen molar-refractivity contribution in [2.45, 2.75) is 27.7 Å². The summed E-state index contributed by atoms with van der Waals surface area (Å²) in [6.45, 7) is 8.62. The molecule has 8 heteroatoms. The summed E-state index contributed by atoms with van der Waals surface area (Å²) in [6.07, 6.45) is 0. The molecule has 0 N–H and O–H groups in total. The molecule has 0 unspecified atom stereocenters. The van der Waals surface area contributed by atoms with Crippen molar-refractivity contribution in [3.63, 3.8) is 0 Å². The van der Waals surface area contributed by atoms with Crippen LogP contribution in [0.4, 0.5) is 0 Å². The number of rotatable bonds is 8. The first-order valence-corrected chi connectivity index (χ1v) is 46.8. The molecule has 0 aliphatic rings. The number of aromatic nitrogens is 4. The van der Waals surface area contributed by atoms with Gasteiger partial charge in [0.2, 0.25) is 0 Å². The van der Waals surface area contributed by atoms with Crippen molar-refractivity contribution < 1.29 is 8.83 Å². The summed E-state index contributed by atoms with van der Waals surface area (Å²) in [5, 5.41) is 20.3. The van der Waals surface area contributed by atoms with Gasteiger partial charge in [0.25, 0.3) is 0 Å². The molecule has 0 bridgehead atoms. The van der Waals surface area contributed by atoms with Crippen molar-refractivity contribution in [3.05, 3.63) is 459 Å². The summed E-state index contributed by atoms with van der Waals surface area (Å²) in [6, 6.07) is 158. The third-order valence-corrected chi connectivity index (χ3v) is 28.9. The van der Waals surface area contributed by atoms with Gasteiger partial charge in [0.15, 0.2) is 0 Å². The van der Waals surface area contributed by atoms with Crippen LogP contribution >= 0.6 is 22.7 Å². The molecule has 8 heterocycles. The number of thiophene rings is 2. The molecular weight excluding hydrogens is 1640 g/mol. The van der Waals surface area contributed by atoms with Crippen LogP contribution in [0.25, 0.3) is 239 Å². The number of furan rings is 2. The predicted molar refractivity (Wildman–Crippen MR) is 564 cm³/mol. The highest BCUT2D eigenvalue weighted by molar-refractivity contribution is 7.26. The first-order chi connectivity index (χ1) is 65.0. The van der Waals surface area contributed by atoms with E-state index >= 15 is 0 Å². The standard InChI is InChI=1S/2C31H21NO.2C31H21NS/c1-20-11-15-30-26(17-20)27-19-22(13-16-31(27)33-30)21-12-14-29-25(18-21)24-9-5-6-10-28(24)32(29)23-7-3-2-4-8-23;1-20-11-14-28-25(17-20)26-18-21(12-15-29(26)32(28)23-7-3-2-4-8-23)22-13-16-31-27(19-22)24-9-5-6-10-30(24)33-31;1-20-11-15-30-26(17-20)27-19-22(13-16-31(27)33-30)21-12-14-29-25(18-21)24-9-5-6-10-28(24)32(29)23-7-3-2-4-8-23;1-20-11-14-28-25(17-20)26-18-21(12-15-29(26)32(28)23-7-3-2-4-8-23)22-13-16-31-27(19-22)24-9-5-6-10-30(24)33-31/h4*2-19H,1H3. The van der Waals surface area contributed by atoms with Gasteiger partial charge in [0.05, 0.1) is 44.1 Å². The van der Waals surface area contributed by atoms with Crippen LogP contribution in [0.1, 0.15) is 22.3 Å². The van der Waals surface area contributed by atoms with Gasteiger partial charge in [-0.1, -0.05) is 241 Å². The van der Waals surface area contributed by atoms with Gasteiger partial charge >= 0.3 is 0 Å². The summed E-state index contributed by atoms with van der Waals surface area (Å²) < 4.78 is 27.0. The Labute approximate surface area is 769 Å². The minimum Gasteiger partial charge on any atom is -0.456 e. The maximum Gasteiger partial charge on any atom is 0.135 e. The molecule has 0 atom stereocenters.